The first-order valence-electron chi connectivity index (χ1n) is 7.55. The average molecular weight is 314 g/mol. The molecule has 1 amide bonds. The summed E-state index contributed by atoms with van der Waals surface area (Å²) in [6.07, 6.45) is 1.37. The number of nitrogens with two attached hydrogens (primary N) is 1. The normalized spacial score (nSPS) is 26.3. The molecule has 2 unspecified atom stereocenters. The van der Waals surface area contributed by atoms with Gasteiger partial charge < -0.3 is 20.9 Å². The number of carbonyl (C=O) groups is 3. The van der Waals surface area contributed by atoms with Crippen molar-refractivity contribution < 1.29 is 24.2 Å². The molecule has 0 heterocycles. The van der Waals surface area contributed by atoms with Gasteiger partial charge in [-0.3, -0.25) is 9.59 Å². The minimum atomic E-state index is -1.25. The van der Waals surface area contributed by atoms with Crippen molar-refractivity contribution >= 4 is 17.8 Å². The molecule has 4 N–H and O–H groups in total. The van der Waals surface area contributed by atoms with Gasteiger partial charge in [-0.25, -0.2) is 4.79 Å². The number of hydrogen-bond acceptors (Lipinski definition) is 5. The molecule has 1 aliphatic rings. The number of carboxylic acids is 1. The van der Waals surface area contributed by atoms with Crippen LogP contribution in [0, 0.1) is 11.8 Å². The summed E-state index contributed by atoms with van der Waals surface area (Å²) in [5.41, 5.74) is 4.23. The maximum atomic E-state index is 12.3. The molecule has 1 saturated carbocycles. The summed E-state index contributed by atoms with van der Waals surface area (Å²) in [6.45, 7) is 7.11. The molecule has 0 aliphatic heterocycles. The molecule has 22 heavy (non-hydrogen) atoms. The van der Waals surface area contributed by atoms with Crippen LogP contribution in [0.2, 0.25) is 0 Å². The lowest BCUT2D eigenvalue weighted by Crippen LogP contribution is -2.56. The Balaban J connectivity index is 2.62. The summed E-state index contributed by atoms with van der Waals surface area (Å²) >= 11 is 0. The highest BCUT2D eigenvalue weighted by molar-refractivity contribution is 5.91. The van der Waals surface area contributed by atoms with Crippen molar-refractivity contribution in [1.29, 1.82) is 0 Å². The van der Waals surface area contributed by atoms with E-state index in [4.69, 9.17) is 15.6 Å². The summed E-state index contributed by atoms with van der Waals surface area (Å²) in [7, 11) is 0. The second-order valence-corrected chi connectivity index (χ2v) is 6.72. The van der Waals surface area contributed by atoms with Gasteiger partial charge in [-0.15, -0.1) is 0 Å². The van der Waals surface area contributed by atoms with Gasteiger partial charge in [-0.2, -0.15) is 0 Å². The predicted molar refractivity (Wildman–Crippen MR) is 79.9 cm³/mol. The maximum absolute atomic E-state index is 12.3. The SMILES string of the molecule is CC1CCC(C)C1OC(=O)C(C)(C)NC(=O)[C@@H](N)CC(=O)O. The third-order valence-electron chi connectivity index (χ3n) is 4.12. The molecule has 7 heteroatoms. The smallest absolute Gasteiger partial charge is 0.331 e. The molecule has 0 aromatic carbocycles. The van der Waals surface area contributed by atoms with E-state index < -0.39 is 35.8 Å². The standard InChI is InChI=1S/C15H26N2O5/c1-8-5-6-9(2)12(8)22-14(21)15(3,4)17-13(20)10(16)7-11(18)19/h8-10,12H,5-7,16H2,1-4H3,(H,17,20)(H,18,19)/t8?,9?,10-,12?/m0/s1. The Hall–Kier alpha value is -1.63. The lowest BCUT2D eigenvalue weighted by Gasteiger charge is -2.29. The van der Waals surface area contributed by atoms with Gasteiger partial charge in [0.25, 0.3) is 0 Å². The van der Waals surface area contributed by atoms with Crippen LogP contribution >= 0.6 is 0 Å². The maximum Gasteiger partial charge on any atom is 0.331 e. The number of rotatable bonds is 6. The van der Waals surface area contributed by atoms with Gasteiger partial charge in [0.1, 0.15) is 11.6 Å². The zero-order valence-corrected chi connectivity index (χ0v) is 13.6. The second kappa shape index (κ2) is 7.09. The minimum Gasteiger partial charge on any atom is -0.481 e. The Morgan fingerprint density at radius 3 is 2.23 bits per heavy atom. The largest absolute Gasteiger partial charge is 0.481 e. The number of carbonyl (C=O) groups excluding carboxylic acids is 2. The van der Waals surface area contributed by atoms with E-state index >= 15 is 0 Å². The monoisotopic (exact) mass is 314 g/mol. The van der Waals surface area contributed by atoms with Crippen molar-refractivity contribution in [1.82, 2.24) is 5.32 Å². The van der Waals surface area contributed by atoms with Crippen LogP contribution in [-0.4, -0.2) is 40.6 Å². The fourth-order valence-electron chi connectivity index (χ4n) is 2.65. The van der Waals surface area contributed by atoms with Gasteiger partial charge in [-0.05, 0) is 38.5 Å². The number of aliphatic carboxylic acids is 1. The van der Waals surface area contributed by atoms with Crippen molar-refractivity contribution in [3.8, 4) is 0 Å². The van der Waals surface area contributed by atoms with Gasteiger partial charge in [0.15, 0.2) is 0 Å². The highest BCUT2D eigenvalue weighted by atomic mass is 16.5. The van der Waals surface area contributed by atoms with E-state index in [0.717, 1.165) is 12.8 Å². The van der Waals surface area contributed by atoms with Crippen LogP contribution in [0.15, 0.2) is 0 Å². The molecule has 126 valence electrons. The number of amides is 1. The highest BCUT2D eigenvalue weighted by Crippen LogP contribution is 2.33. The summed E-state index contributed by atoms with van der Waals surface area (Å²) in [5, 5.41) is 11.1. The number of nitrogens with one attached hydrogen (secondary N) is 1. The third kappa shape index (κ3) is 4.69. The number of hydrogen-bond donors (Lipinski definition) is 3. The Bertz CT molecular complexity index is 439. The van der Waals surface area contributed by atoms with Crippen LogP contribution in [-0.2, 0) is 19.1 Å². The molecule has 1 rings (SSSR count). The van der Waals surface area contributed by atoms with Crippen LogP contribution < -0.4 is 11.1 Å². The van der Waals surface area contributed by atoms with Crippen molar-refractivity contribution in [3.63, 3.8) is 0 Å². The first-order chi connectivity index (χ1) is 10.0. The van der Waals surface area contributed by atoms with Gasteiger partial charge in [0.2, 0.25) is 5.91 Å². The Kier molecular flexibility index (Phi) is 5.93. The van der Waals surface area contributed by atoms with Crippen molar-refractivity contribution in [2.75, 3.05) is 0 Å². The van der Waals surface area contributed by atoms with E-state index in [2.05, 4.69) is 5.32 Å². The topological polar surface area (TPSA) is 119 Å². The molecular formula is C15H26N2O5. The molecule has 1 aliphatic carbocycles. The zero-order chi connectivity index (χ0) is 17.1. The summed E-state index contributed by atoms with van der Waals surface area (Å²) in [5.74, 6) is -1.80. The molecule has 0 radical (unpaired) electrons. The quantitative estimate of drug-likeness (QED) is 0.620. The molecule has 7 nitrogen and oxygen atoms in total. The van der Waals surface area contributed by atoms with Crippen LogP contribution in [0.1, 0.15) is 47.0 Å². The molecule has 0 aromatic rings. The molecule has 0 spiro atoms. The lowest BCUT2D eigenvalue weighted by atomic mass is 10.0. The average Bonchev–Trinajstić information content (AvgIpc) is 2.69. The predicted octanol–water partition coefficient (Wildman–Crippen LogP) is 0.661. The van der Waals surface area contributed by atoms with Gasteiger partial charge in [0.05, 0.1) is 12.5 Å². The molecule has 3 atom stereocenters. The van der Waals surface area contributed by atoms with Crippen LogP contribution in [0.3, 0.4) is 0 Å². The van der Waals surface area contributed by atoms with E-state index in [1.54, 1.807) is 0 Å². The first-order valence-corrected chi connectivity index (χ1v) is 7.55. The van der Waals surface area contributed by atoms with E-state index in [-0.39, 0.29) is 6.10 Å². The Morgan fingerprint density at radius 2 is 1.77 bits per heavy atom. The molecule has 0 saturated heterocycles. The van der Waals surface area contributed by atoms with Crippen LogP contribution in [0.25, 0.3) is 0 Å². The third-order valence-corrected chi connectivity index (χ3v) is 4.12. The lowest BCUT2D eigenvalue weighted by molar-refractivity contribution is -0.161. The fourth-order valence-corrected chi connectivity index (χ4v) is 2.65. The van der Waals surface area contributed by atoms with Gasteiger partial charge in [-0.1, -0.05) is 13.8 Å². The van der Waals surface area contributed by atoms with E-state index in [1.165, 1.54) is 13.8 Å². The molecule has 0 bridgehead atoms. The van der Waals surface area contributed by atoms with Crippen LogP contribution in [0.5, 0.6) is 0 Å². The van der Waals surface area contributed by atoms with Crippen LogP contribution in [0.4, 0.5) is 0 Å². The number of carboxylic acid groups (broad SMARTS) is 1. The van der Waals surface area contributed by atoms with Crippen molar-refractivity contribution in [3.05, 3.63) is 0 Å². The first kappa shape index (κ1) is 18.4. The Labute approximate surface area is 130 Å². The van der Waals surface area contributed by atoms with E-state index in [1.807, 2.05) is 13.8 Å². The van der Waals surface area contributed by atoms with Gasteiger partial charge in [0, 0.05) is 0 Å². The van der Waals surface area contributed by atoms with Gasteiger partial charge >= 0.3 is 11.9 Å². The number of esters is 1. The minimum absolute atomic E-state index is 0.156. The zero-order valence-electron chi connectivity index (χ0n) is 13.6. The molecular weight excluding hydrogens is 288 g/mol. The summed E-state index contributed by atoms with van der Waals surface area (Å²) in [4.78, 5) is 34.7. The summed E-state index contributed by atoms with van der Waals surface area (Å²) < 4.78 is 5.55. The van der Waals surface area contributed by atoms with Crippen molar-refractivity contribution in [2.45, 2.75) is 64.6 Å². The van der Waals surface area contributed by atoms with E-state index in [9.17, 15) is 14.4 Å². The Morgan fingerprint density at radius 1 is 1.27 bits per heavy atom. The molecule has 1 fully saturated rings. The number of ether oxygens (including phenoxy) is 1. The fraction of sp³-hybridized carbons (Fsp3) is 0.800. The summed E-state index contributed by atoms with van der Waals surface area (Å²) in [6, 6.07) is -1.20. The highest BCUT2D eigenvalue weighted by Gasteiger charge is 2.39. The molecule has 0 aromatic heterocycles. The second-order valence-electron chi connectivity index (χ2n) is 6.72. The van der Waals surface area contributed by atoms with Crippen molar-refractivity contribution in [2.24, 2.45) is 17.6 Å². The van der Waals surface area contributed by atoms with E-state index in [0.29, 0.717) is 11.8 Å².